The number of hydrogen-bond acceptors (Lipinski definition) is 4. The Labute approximate surface area is 98.1 Å². The quantitative estimate of drug-likeness (QED) is 0.436. The normalized spacial score (nSPS) is 13.9. The molecular weight excluding hydrogens is 220 g/mol. The van der Waals surface area contributed by atoms with Crippen LogP contribution < -0.4 is 17.2 Å². The van der Waals surface area contributed by atoms with E-state index in [9.17, 15) is 4.79 Å². The van der Waals surface area contributed by atoms with Gasteiger partial charge in [-0.1, -0.05) is 0 Å². The highest BCUT2D eigenvalue weighted by atomic mass is 16.1. The van der Waals surface area contributed by atoms with Crippen molar-refractivity contribution in [2.75, 3.05) is 5.73 Å². The van der Waals surface area contributed by atoms with Crippen LogP contribution in [-0.4, -0.2) is 21.8 Å². The van der Waals surface area contributed by atoms with E-state index in [2.05, 4.69) is 15.0 Å². The number of nitrogen functional groups attached to an aromatic ring is 1. The highest BCUT2D eigenvalue weighted by Crippen LogP contribution is 2.20. The third-order valence-corrected chi connectivity index (χ3v) is 2.59. The highest BCUT2D eigenvalue weighted by Gasteiger charge is 2.19. The van der Waals surface area contributed by atoms with Gasteiger partial charge < -0.3 is 17.2 Å². The van der Waals surface area contributed by atoms with E-state index in [1.165, 1.54) is 0 Å². The molecule has 1 aliphatic rings. The number of nitrogens with zero attached hydrogens (tertiary/aromatic N) is 3. The maximum atomic E-state index is 11.6. The van der Waals surface area contributed by atoms with E-state index in [0.29, 0.717) is 0 Å². The predicted octanol–water partition coefficient (Wildman–Crippen LogP) is -0.649. The number of hydrogen-bond donors (Lipinski definition) is 3. The molecule has 1 heterocycles. The SMILES string of the molecule is NC(N)=NC(=O)c1nc2c(nc1N)CCCC2. The van der Waals surface area contributed by atoms with Gasteiger partial charge in [0.25, 0.3) is 0 Å². The zero-order chi connectivity index (χ0) is 12.4. The van der Waals surface area contributed by atoms with E-state index in [0.717, 1.165) is 37.1 Å². The molecule has 1 aromatic heterocycles. The molecule has 0 spiro atoms. The summed E-state index contributed by atoms with van der Waals surface area (Å²) in [5, 5.41) is 0. The lowest BCUT2D eigenvalue weighted by molar-refractivity contribution is 0.0998. The van der Waals surface area contributed by atoms with Crippen LogP contribution in [0.5, 0.6) is 0 Å². The van der Waals surface area contributed by atoms with Gasteiger partial charge in [-0.2, -0.15) is 4.99 Å². The van der Waals surface area contributed by atoms with Crippen LogP contribution in [0, 0.1) is 0 Å². The fourth-order valence-corrected chi connectivity index (χ4v) is 1.83. The molecule has 0 atom stereocenters. The molecule has 7 nitrogen and oxygen atoms in total. The molecule has 0 bridgehead atoms. The second-order valence-electron chi connectivity index (χ2n) is 3.90. The van der Waals surface area contributed by atoms with Gasteiger partial charge in [-0.3, -0.25) is 4.79 Å². The molecule has 7 heteroatoms. The highest BCUT2D eigenvalue weighted by molar-refractivity contribution is 6.03. The zero-order valence-electron chi connectivity index (χ0n) is 9.31. The van der Waals surface area contributed by atoms with Gasteiger partial charge in [0.15, 0.2) is 17.5 Å². The number of carbonyl (C=O) groups excluding carboxylic acids is 1. The Balaban J connectivity index is 2.41. The molecule has 0 fully saturated rings. The Bertz CT molecular complexity index is 492. The molecule has 0 saturated carbocycles. The van der Waals surface area contributed by atoms with Crippen molar-refractivity contribution < 1.29 is 4.79 Å². The molecule has 0 unspecified atom stereocenters. The number of amides is 1. The van der Waals surface area contributed by atoms with E-state index in [4.69, 9.17) is 17.2 Å². The molecule has 90 valence electrons. The first-order valence-corrected chi connectivity index (χ1v) is 5.37. The zero-order valence-corrected chi connectivity index (χ0v) is 9.31. The smallest absolute Gasteiger partial charge is 0.302 e. The molecule has 0 aromatic carbocycles. The lowest BCUT2D eigenvalue weighted by Gasteiger charge is -2.14. The van der Waals surface area contributed by atoms with Crippen molar-refractivity contribution in [2.24, 2.45) is 16.5 Å². The van der Waals surface area contributed by atoms with Crippen molar-refractivity contribution in [3.8, 4) is 0 Å². The Morgan fingerprint density at radius 2 is 1.71 bits per heavy atom. The minimum atomic E-state index is -0.650. The Hall–Kier alpha value is -2.18. The fourth-order valence-electron chi connectivity index (χ4n) is 1.83. The summed E-state index contributed by atoms with van der Waals surface area (Å²) in [7, 11) is 0. The van der Waals surface area contributed by atoms with Crippen molar-refractivity contribution in [1.29, 1.82) is 0 Å². The van der Waals surface area contributed by atoms with E-state index < -0.39 is 5.91 Å². The summed E-state index contributed by atoms with van der Waals surface area (Å²) in [6.07, 6.45) is 3.78. The summed E-state index contributed by atoms with van der Waals surface area (Å²) >= 11 is 0. The molecule has 17 heavy (non-hydrogen) atoms. The number of carbonyl (C=O) groups is 1. The second kappa shape index (κ2) is 4.36. The van der Waals surface area contributed by atoms with Gasteiger partial charge in [-0.15, -0.1) is 0 Å². The topological polar surface area (TPSA) is 133 Å². The van der Waals surface area contributed by atoms with Gasteiger partial charge in [0, 0.05) is 0 Å². The number of rotatable bonds is 1. The molecule has 0 saturated heterocycles. The molecule has 1 aliphatic carbocycles. The van der Waals surface area contributed by atoms with Gasteiger partial charge in [-0.05, 0) is 25.7 Å². The summed E-state index contributed by atoms with van der Waals surface area (Å²) in [4.78, 5) is 23.4. The maximum Gasteiger partial charge on any atom is 0.302 e. The summed E-state index contributed by atoms with van der Waals surface area (Å²) in [6, 6.07) is 0. The first kappa shape index (κ1) is 11.3. The van der Waals surface area contributed by atoms with Gasteiger partial charge in [-0.25, -0.2) is 9.97 Å². The van der Waals surface area contributed by atoms with Crippen molar-refractivity contribution in [3.05, 3.63) is 17.1 Å². The van der Waals surface area contributed by atoms with Crippen LogP contribution in [0.4, 0.5) is 5.82 Å². The average Bonchev–Trinajstić information content (AvgIpc) is 2.27. The molecule has 1 amide bonds. The van der Waals surface area contributed by atoms with Crippen molar-refractivity contribution >= 4 is 17.7 Å². The number of nitrogens with two attached hydrogens (primary N) is 3. The van der Waals surface area contributed by atoms with Crippen LogP contribution in [0.15, 0.2) is 4.99 Å². The van der Waals surface area contributed by atoms with Crippen molar-refractivity contribution in [3.63, 3.8) is 0 Å². The number of aryl methyl sites for hydroxylation is 2. The number of fused-ring (bicyclic) bond motifs is 1. The molecule has 0 radical (unpaired) electrons. The van der Waals surface area contributed by atoms with Crippen LogP contribution >= 0.6 is 0 Å². The standard InChI is InChI=1S/C10H14N6O/c11-8-7(9(17)16-10(12)13)14-5-3-1-2-4-6(5)15-8/h1-4H2,(H2,11,15)(H4,12,13,16,17). The summed E-state index contributed by atoms with van der Waals surface area (Å²) < 4.78 is 0. The number of anilines is 1. The molecule has 6 N–H and O–H groups in total. The molecular formula is C10H14N6O. The second-order valence-corrected chi connectivity index (χ2v) is 3.90. The summed E-state index contributed by atoms with van der Waals surface area (Å²) in [5.41, 5.74) is 17.7. The van der Waals surface area contributed by atoms with E-state index in [1.54, 1.807) is 0 Å². The number of guanidine groups is 1. The Morgan fingerprint density at radius 1 is 1.12 bits per heavy atom. The van der Waals surface area contributed by atoms with E-state index >= 15 is 0 Å². The number of aliphatic imine (C=N–C) groups is 1. The van der Waals surface area contributed by atoms with E-state index in [1.807, 2.05) is 0 Å². The third kappa shape index (κ3) is 2.32. The van der Waals surface area contributed by atoms with Crippen LogP contribution in [0.2, 0.25) is 0 Å². The van der Waals surface area contributed by atoms with Crippen molar-refractivity contribution in [1.82, 2.24) is 9.97 Å². The molecule has 0 aliphatic heterocycles. The first-order valence-electron chi connectivity index (χ1n) is 5.37. The predicted molar refractivity (Wildman–Crippen MR) is 63.2 cm³/mol. The lowest BCUT2D eigenvalue weighted by Crippen LogP contribution is -2.25. The van der Waals surface area contributed by atoms with Gasteiger partial charge >= 0.3 is 5.91 Å². The van der Waals surface area contributed by atoms with Crippen molar-refractivity contribution in [2.45, 2.75) is 25.7 Å². The van der Waals surface area contributed by atoms with E-state index in [-0.39, 0.29) is 17.5 Å². The average molecular weight is 234 g/mol. The number of aromatic nitrogens is 2. The minimum absolute atomic E-state index is 0.0269. The van der Waals surface area contributed by atoms with Crippen LogP contribution in [0.1, 0.15) is 34.7 Å². The lowest BCUT2D eigenvalue weighted by atomic mass is 10.0. The summed E-state index contributed by atoms with van der Waals surface area (Å²) in [6.45, 7) is 0. The molecule has 1 aromatic rings. The fraction of sp³-hybridized carbons (Fsp3) is 0.400. The largest absolute Gasteiger partial charge is 0.382 e. The monoisotopic (exact) mass is 234 g/mol. The Morgan fingerprint density at radius 3 is 2.29 bits per heavy atom. The minimum Gasteiger partial charge on any atom is -0.382 e. The summed E-state index contributed by atoms with van der Waals surface area (Å²) in [5.74, 6) is -0.877. The van der Waals surface area contributed by atoms with Crippen LogP contribution in [-0.2, 0) is 12.8 Å². The molecule has 2 rings (SSSR count). The van der Waals surface area contributed by atoms with Gasteiger partial charge in [0.2, 0.25) is 0 Å². The van der Waals surface area contributed by atoms with Gasteiger partial charge in [0.1, 0.15) is 0 Å². The maximum absolute atomic E-state index is 11.6. The van der Waals surface area contributed by atoms with Gasteiger partial charge in [0.05, 0.1) is 11.4 Å². The Kier molecular flexibility index (Phi) is 2.90. The van der Waals surface area contributed by atoms with Crippen LogP contribution in [0.3, 0.4) is 0 Å². The first-order chi connectivity index (χ1) is 8.08. The third-order valence-electron chi connectivity index (χ3n) is 2.59. The van der Waals surface area contributed by atoms with Crippen LogP contribution in [0.25, 0.3) is 0 Å².